The number of hydrogen-bond donors (Lipinski definition) is 1. The first-order valence-corrected chi connectivity index (χ1v) is 15.4. The van der Waals surface area contributed by atoms with Crippen molar-refractivity contribution in [3.8, 4) is 11.4 Å². The molecular formula is C35H41N5O2. The standard InChI is InChI=1S/C35H41N5O2/c1-22-17-24(3)32(25(4)18-22)42-35(41)31-29(36-5)21-40-34(31)37-33(38-40)27-13-14-30(39-15-9-6-10-16-39)28(20-27)19-26-12-8-7-11-23(26)2/h7-8,11-14,20-22,24-25,32H,6,9-10,15-19H2,1-4H3,(H,37,38). The van der Waals surface area contributed by atoms with Gasteiger partial charge in [-0.05, 0) is 98.1 Å². The number of esters is 1. The zero-order chi connectivity index (χ0) is 29.4. The van der Waals surface area contributed by atoms with Gasteiger partial charge in [0.05, 0.1) is 6.57 Å². The Balaban J connectivity index is 1.35. The number of carbonyl (C=O) groups is 1. The van der Waals surface area contributed by atoms with Crippen LogP contribution in [0.2, 0.25) is 0 Å². The number of H-pyrrole nitrogens is 1. The Labute approximate surface area is 248 Å². The predicted molar refractivity (Wildman–Crippen MR) is 167 cm³/mol. The Kier molecular flexibility index (Phi) is 7.81. The number of aromatic amines is 1. The van der Waals surface area contributed by atoms with Crippen molar-refractivity contribution in [3.05, 3.63) is 82.3 Å². The molecule has 2 unspecified atom stereocenters. The highest BCUT2D eigenvalue weighted by molar-refractivity contribution is 6.03. The number of rotatable bonds is 6. The molecule has 1 aliphatic heterocycles. The number of nitrogens with zero attached hydrogens (tertiary/aromatic N) is 4. The van der Waals surface area contributed by atoms with Gasteiger partial charge in [-0.15, -0.1) is 0 Å². The van der Waals surface area contributed by atoms with Crippen LogP contribution in [0.5, 0.6) is 0 Å². The van der Waals surface area contributed by atoms with Gasteiger partial charge in [0, 0.05) is 30.5 Å². The lowest BCUT2D eigenvalue weighted by atomic mass is 9.75. The van der Waals surface area contributed by atoms with E-state index < -0.39 is 5.97 Å². The Hall–Kier alpha value is -4.05. The largest absolute Gasteiger partial charge is 0.459 e. The molecule has 0 amide bonds. The summed E-state index contributed by atoms with van der Waals surface area (Å²) in [6, 6.07) is 15.1. The summed E-state index contributed by atoms with van der Waals surface area (Å²) in [4.78, 5) is 24.6. The van der Waals surface area contributed by atoms with Gasteiger partial charge in [-0.2, -0.15) is 0 Å². The van der Waals surface area contributed by atoms with Crippen LogP contribution in [-0.4, -0.2) is 39.8 Å². The number of aryl methyl sites for hydroxylation is 1. The molecule has 2 aromatic heterocycles. The fourth-order valence-electron chi connectivity index (χ4n) is 7.27. The number of nitrogens with one attached hydrogen (secondary N) is 1. The summed E-state index contributed by atoms with van der Waals surface area (Å²) in [6.07, 6.45) is 8.12. The van der Waals surface area contributed by atoms with Gasteiger partial charge in [-0.1, -0.05) is 45.0 Å². The molecule has 2 aromatic carbocycles. The second kappa shape index (κ2) is 11.7. The first-order chi connectivity index (χ1) is 20.3. The normalized spacial score (nSPS) is 22.7. The first-order valence-electron chi connectivity index (χ1n) is 15.4. The molecule has 42 heavy (non-hydrogen) atoms. The van der Waals surface area contributed by atoms with E-state index in [2.05, 4.69) is 85.0 Å². The molecule has 0 bridgehead atoms. The number of fused-ring (bicyclic) bond motifs is 1. The second-order valence-corrected chi connectivity index (χ2v) is 12.7. The van der Waals surface area contributed by atoms with Gasteiger partial charge in [0.2, 0.25) is 5.69 Å². The van der Waals surface area contributed by atoms with E-state index in [9.17, 15) is 4.79 Å². The number of piperidine rings is 1. The maximum absolute atomic E-state index is 13.6. The lowest BCUT2D eigenvalue weighted by Gasteiger charge is -2.37. The molecule has 3 heterocycles. The minimum atomic E-state index is -0.458. The Bertz CT molecular complexity index is 1620. The average Bonchev–Trinajstić information content (AvgIpc) is 3.54. The van der Waals surface area contributed by atoms with Crippen molar-refractivity contribution in [3.63, 3.8) is 0 Å². The van der Waals surface area contributed by atoms with E-state index in [1.165, 1.54) is 41.6 Å². The molecule has 1 saturated heterocycles. The van der Waals surface area contributed by atoms with Crippen LogP contribution >= 0.6 is 0 Å². The predicted octanol–water partition coefficient (Wildman–Crippen LogP) is 8.00. The quantitative estimate of drug-likeness (QED) is 0.191. The van der Waals surface area contributed by atoms with E-state index in [4.69, 9.17) is 16.3 Å². The van der Waals surface area contributed by atoms with E-state index in [1.54, 1.807) is 10.7 Å². The van der Waals surface area contributed by atoms with Crippen LogP contribution in [-0.2, 0) is 11.2 Å². The van der Waals surface area contributed by atoms with Gasteiger partial charge < -0.3 is 9.64 Å². The molecule has 4 aromatic rings. The lowest BCUT2D eigenvalue weighted by Crippen LogP contribution is -2.37. The molecule has 6 rings (SSSR count). The van der Waals surface area contributed by atoms with Gasteiger partial charge in [0.25, 0.3) is 0 Å². The fraction of sp³-hybridized carbons (Fsp3) is 0.457. The van der Waals surface area contributed by atoms with Crippen molar-refractivity contribution in [2.75, 3.05) is 18.0 Å². The van der Waals surface area contributed by atoms with Crippen LogP contribution in [0.4, 0.5) is 11.4 Å². The first kappa shape index (κ1) is 28.1. The molecule has 218 valence electrons. The maximum atomic E-state index is 13.6. The van der Waals surface area contributed by atoms with Crippen LogP contribution in [0.3, 0.4) is 0 Å². The van der Waals surface area contributed by atoms with Crippen LogP contribution < -0.4 is 4.90 Å². The van der Waals surface area contributed by atoms with Crippen LogP contribution in [0.15, 0.2) is 48.7 Å². The van der Waals surface area contributed by atoms with Crippen molar-refractivity contribution in [2.24, 2.45) is 17.8 Å². The van der Waals surface area contributed by atoms with Gasteiger partial charge >= 0.3 is 5.97 Å². The lowest BCUT2D eigenvalue weighted by molar-refractivity contribution is -0.0249. The number of aromatic nitrogens is 3. The summed E-state index contributed by atoms with van der Waals surface area (Å²) in [7, 11) is 0. The third kappa shape index (κ3) is 5.43. The highest BCUT2D eigenvalue weighted by Gasteiger charge is 2.35. The zero-order valence-electron chi connectivity index (χ0n) is 25.2. The van der Waals surface area contributed by atoms with E-state index in [0.29, 0.717) is 17.4 Å². The summed E-state index contributed by atoms with van der Waals surface area (Å²) < 4.78 is 7.79. The topological polar surface area (TPSA) is 67.0 Å². The molecule has 0 spiro atoms. The molecule has 0 radical (unpaired) electrons. The minimum Gasteiger partial charge on any atom is -0.459 e. The number of benzene rings is 2. The monoisotopic (exact) mass is 563 g/mol. The van der Waals surface area contributed by atoms with Gasteiger partial charge in [0.1, 0.15) is 11.7 Å². The van der Waals surface area contributed by atoms with E-state index in [0.717, 1.165) is 37.9 Å². The molecule has 2 aliphatic rings. The SMILES string of the molecule is [C-]#[N+]c1cn2[nH]c(-c3ccc(N4CCCCC4)c(Cc4ccccc4C)c3)nc2c1C(=O)OC1C(C)CC(C)CC1C. The van der Waals surface area contributed by atoms with Crippen LogP contribution in [0.25, 0.3) is 21.9 Å². The minimum absolute atomic E-state index is 0.160. The summed E-state index contributed by atoms with van der Waals surface area (Å²) >= 11 is 0. The molecule has 2 atom stereocenters. The van der Waals surface area contributed by atoms with Crippen molar-refractivity contribution in [2.45, 2.75) is 72.3 Å². The summed E-state index contributed by atoms with van der Waals surface area (Å²) in [5.74, 6) is 1.39. The number of ether oxygens (including phenoxy) is 1. The molecule has 1 aliphatic carbocycles. The highest BCUT2D eigenvalue weighted by atomic mass is 16.5. The molecule has 1 saturated carbocycles. The Morgan fingerprint density at radius 2 is 1.79 bits per heavy atom. The third-order valence-corrected chi connectivity index (χ3v) is 9.33. The Morgan fingerprint density at radius 1 is 1.05 bits per heavy atom. The molecule has 1 N–H and O–H groups in total. The van der Waals surface area contributed by atoms with E-state index >= 15 is 0 Å². The summed E-state index contributed by atoms with van der Waals surface area (Å²) in [6.45, 7) is 18.6. The van der Waals surface area contributed by atoms with Crippen LogP contribution in [0.1, 0.15) is 79.9 Å². The van der Waals surface area contributed by atoms with E-state index in [1.807, 2.05) is 0 Å². The van der Waals surface area contributed by atoms with Crippen molar-refractivity contribution >= 4 is 23.0 Å². The van der Waals surface area contributed by atoms with Crippen LogP contribution in [0, 0.1) is 31.2 Å². The maximum Gasteiger partial charge on any atom is 0.331 e. The average molecular weight is 564 g/mol. The fourth-order valence-corrected chi connectivity index (χ4v) is 7.27. The smallest absolute Gasteiger partial charge is 0.331 e. The van der Waals surface area contributed by atoms with Gasteiger partial charge in [-0.3, -0.25) is 9.61 Å². The Morgan fingerprint density at radius 3 is 2.50 bits per heavy atom. The zero-order valence-corrected chi connectivity index (χ0v) is 25.2. The van der Waals surface area contributed by atoms with Crippen molar-refractivity contribution in [1.29, 1.82) is 0 Å². The molecule has 7 nitrogen and oxygen atoms in total. The summed E-state index contributed by atoms with van der Waals surface area (Å²) in [5, 5.41) is 3.33. The van der Waals surface area contributed by atoms with Gasteiger partial charge in [-0.25, -0.2) is 14.6 Å². The molecular weight excluding hydrogens is 522 g/mol. The van der Waals surface area contributed by atoms with Crippen molar-refractivity contribution < 1.29 is 9.53 Å². The number of carbonyl (C=O) groups excluding carboxylic acids is 1. The van der Waals surface area contributed by atoms with E-state index in [-0.39, 0.29) is 29.2 Å². The molecule has 7 heteroatoms. The third-order valence-electron chi connectivity index (χ3n) is 9.33. The molecule has 2 fully saturated rings. The number of hydrogen-bond acceptors (Lipinski definition) is 4. The van der Waals surface area contributed by atoms with Crippen molar-refractivity contribution in [1.82, 2.24) is 14.6 Å². The summed E-state index contributed by atoms with van der Waals surface area (Å²) in [5.41, 5.74) is 7.04. The highest BCUT2D eigenvalue weighted by Crippen LogP contribution is 2.37. The van der Waals surface area contributed by atoms with Gasteiger partial charge in [0.15, 0.2) is 11.5 Å². The second-order valence-electron chi connectivity index (χ2n) is 12.7. The number of anilines is 1.